The molecule has 0 spiro atoms. The van der Waals surface area contributed by atoms with E-state index in [1.807, 2.05) is 6.07 Å². The third kappa shape index (κ3) is 4.95. The number of halogens is 1. The summed E-state index contributed by atoms with van der Waals surface area (Å²) in [5, 5.41) is 3.21. The van der Waals surface area contributed by atoms with Crippen LogP contribution in [-0.4, -0.2) is 37.0 Å². The van der Waals surface area contributed by atoms with Gasteiger partial charge in [-0.1, -0.05) is 63.4 Å². The summed E-state index contributed by atoms with van der Waals surface area (Å²) in [6.07, 6.45) is 5.51. The fourth-order valence-electron chi connectivity index (χ4n) is 3.60. The smallest absolute Gasteiger partial charge is 0.230 e. The number of nitrogens with zero attached hydrogens (tertiary/aromatic N) is 1. The summed E-state index contributed by atoms with van der Waals surface area (Å²) >= 11 is 0. The molecule has 1 N–H and O–H groups in total. The van der Waals surface area contributed by atoms with E-state index in [1.54, 1.807) is 0 Å². The van der Waals surface area contributed by atoms with Crippen molar-refractivity contribution in [3.63, 3.8) is 0 Å². The summed E-state index contributed by atoms with van der Waals surface area (Å²) in [6.45, 7) is 8.08. The topological polar surface area (TPSA) is 32.3 Å². The molecule has 2 rings (SSSR count). The largest absolute Gasteiger partial charge is 0.354 e. The highest BCUT2D eigenvalue weighted by molar-refractivity contribution is 5.88. The zero-order chi connectivity index (χ0) is 15.8. The molecule has 1 saturated carbocycles. The molecule has 0 aromatic heterocycles. The maximum Gasteiger partial charge on any atom is 0.230 e. The fraction of sp³-hybridized carbons (Fsp3) is 0.632. The van der Waals surface area contributed by atoms with Crippen LogP contribution in [0.5, 0.6) is 0 Å². The van der Waals surface area contributed by atoms with Crippen molar-refractivity contribution in [3.05, 3.63) is 35.9 Å². The zero-order valence-electron chi connectivity index (χ0n) is 14.5. The molecule has 4 heteroatoms. The van der Waals surface area contributed by atoms with Crippen LogP contribution in [0.25, 0.3) is 0 Å². The predicted molar refractivity (Wildman–Crippen MR) is 99.3 cm³/mol. The van der Waals surface area contributed by atoms with Crippen LogP contribution >= 0.6 is 12.4 Å². The summed E-state index contributed by atoms with van der Waals surface area (Å²) in [7, 11) is 0. The molecule has 0 heterocycles. The van der Waals surface area contributed by atoms with Gasteiger partial charge in [0.2, 0.25) is 5.91 Å². The van der Waals surface area contributed by atoms with Gasteiger partial charge in [-0.25, -0.2) is 0 Å². The van der Waals surface area contributed by atoms with E-state index in [9.17, 15) is 4.79 Å². The minimum atomic E-state index is -0.303. The fourth-order valence-corrected chi connectivity index (χ4v) is 3.60. The van der Waals surface area contributed by atoms with Gasteiger partial charge in [0, 0.05) is 13.1 Å². The van der Waals surface area contributed by atoms with Gasteiger partial charge in [0.1, 0.15) is 0 Å². The molecular formula is C19H31ClN2O. The average molecular weight is 339 g/mol. The van der Waals surface area contributed by atoms with Crippen molar-refractivity contribution in [1.82, 2.24) is 10.2 Å². The van der Waals surface area contributed by atoms with Crippen LogP contribution in [0.1, 0.15) is 51.5 Å². The van der Waals surface area contributed by atoms with Gasteiger partial charge in [0.05, 0.1) is 5.41 Å². The van der Waals surface area contributed by atoms with Crippen molar-refractivity contribution < 1.29 is 4.79 Å². The van der Waals surface area contributed by atoms with Gasteiger partial charge in [0.25, 0.3) is 0 Å². The minimum Gasteiger partial charge on any atom is -0.354 e. The zero-order valence-corrected chi connectivity index (χ0v) is 15.3. The van der Waals surface area contributed by atoms with E-state index in [1.165, 1.54) is 12.0 Å². The predicted octanol–water partition coefficient (Wildman–Crippen LogP) is 3.77. The van der Waals surface area contributed by atoms with Gasteiger partial charge < -0.3 is 10.2 Å². The van der Waals surface area contributed by atoms with Crippen LogP contribution < -0.4 is 5.32 Å². The number of rotatable bonds is 7. The van der Waals surface area contributed by atoms with E-state index in [0.717, 1.165) is 51.9 Å². The quantitative estimate of drug-likeness (QED) is 0.820. The van der Waals surface area contributed by atoms with E-state index < -0.39 is 0 Å². The van der Waals surface area contributed by atoms with Crippen molar-refractivity contribution in [2.45, 2.75) is 51.4 Å². The third-order valence-electron chi connectivity index (χ3n) is 5.08. The highest BCUT2D eigenvalue weighted by Gasteiger charge is 2.40. The highest BCUT2D eigenvalue weighted by atomic mass is 35.5. The second-order valence-corrected chi connectivity index (χ2v) is 6.29. The van der Waals surface area contributed by atoms with E-state index in [2.05, 4.69) is 48.3 Å². The SMILES string of the molecule is CCN(CC)CCNC(=O)C1(c2ccccc2)CCCCC1.Cl. The lowest BCUT2D eigenvalue weighted by Crippen LogP contribution is -2.47. The minimum absolute atomic E-state index is 0. The third-order valence-corrected chi connectivity index (χ3v) is 5.08. The standard InChI is InChI=1S/C19H30N2O.ClH/c1-3-21(4-2)16-15-20-18(22)19(13-9-6-10-14-19)17-11-7-5-8-12-17;/h5,7-8,11-12H,3-4,6,9-10,13-16H2,1-2H3,(H,20,22);1H. The second-order valence-electron chi connectivity index (χ2n) is 6.29. The summed E-state index contributed by atoms with van der Waals surface area (Å²) in [4.78, 5) is 15.3. The molecule has 0 unspecified atom stereocenters. The van der Waals surface area contributed by atoms with E-state index in [-0.39, 0.29) is 23.7 Å². The van der Waals surface area contributed by atoms with Gasteiger partial charge in [-0.2, -0.15) is 0 Å². The Labute approximate surface area is 147 Å². The summed E-state index contributed by atoms with van der Waals surface area (Å²) in [5.74, 6) is 0.227. The van der Waals surface area contributed by atoms with Gasteiger partial charge in [-0.05, 0) is 31.5 Å². The molecule has 0 aliphatic heterocycles. The van der Waals surface area contributed by atoms with Crippen molar-refractivity contribution in [1.29, 1.82) is 0 Å². The molecule has 3 nitrogen and oxygen atoms in total. The Balaban J connectivity index is 0.00000264. The van der Waals surface area contributed by atoms with Crippen molar-refractivity contribution in [2.75, 3.05) is 26.2 Å². The Morgan fingerprint density at radius 1 is 1.09 bits per heavy atom. The Bertz CT molecular complexity index is 454. The van der Waals surface area contributed by atoms with Crippen LogP contribution in [0.2, 0.25) is 0 Å². The number of carbonyl (C=O) groups excluding carboxylic acids is 1. The van der Waals surface area contributed by atoms with Gasteiger partial charge >= 0.3 is 0 Å². The lowest BCUT2D eigenvalue weighted by Gasteiger charge is -2.36. The lowest BCUT2D eigenvalue weighted by atomic mass is 9.68. The molecule has 1 fully saturated rings. The van der Waals surface area contributed by atoms with Crippen molar-refractivity contribution in [3.8, 4) is 0 Å². The summed E-state index contributed by atoms with van der Waals surface area (Å²) in [5.41, 5.74) is 0.887. The Hall–Kier alpha value is -1.06. The van der Waals surface area contributed by atoms with E-state index in [0.29, 0.717) is 0 Å². The summed E-state index contributed by atoms with van der Waals surface area (Å²) in [6, 6.07) is 10.4. The molecular weight excluding hydrogens is 308 g/mol. The number of nitrogens with one attached hydrogen (secondary N) is 1. The molecule has 1 aromatic carbocycles. The maximum absolute atomic E-state index is 12.9. The van der Waals surface area contributed by atoms with Crippen LogP contribution in [0.3, 0.4) is 0 Å². The van der Waals surface area contributed by atoms with E-state index >= 15 is 0 Å². The van der Waals surface area contributed by atoms with Crippen LogP contribution in [0.4, 0.5) is 0 Å². The lowest BCUT2D eigenvalue weighted by molar-refractivity contribution is -0.128. The van der Waals surface area contributed by atoms with Crippen LogP contribution in [0, 0.1) is 0 Å². The average Bonchev–Trinajstić information content (AvgIpc) is 2.60. The Morgan fingerprint density at radius 3 is 2.26 bits per heavy atom. The summed E-state index contributed by atoms with van der Waals surface area (Å²) < 4.78 is 0. The van der Waals surface area contributed by atoms with E-state index in [4.69, 9.17) is 0 Å². The number of amides is 1. The number of hydrogen-bond acceptors (Lipinski definition) is 2. The van der Waals surface area contributed by atoms with Gasteiger partial charge in [-0.15, -0.1) is 12.4 Å². The first-order chi connectivity index (χ1) is 10.7. The molecule has 0 atom stereocenters. The number of likely N-dealkylation sites (N-methyl/N-ethyl adjacent to an activating group) is 1. The molecule has 1 aliphatic carbocycles. The molecule has 0 radical (unpaired) electrons. The van der Waals surface area contributed by atoms with Crippen molar-refractivity contribution >= 4 is 18.3 Å². The molecule has 1 aromatic rings. The molecule has 0 bridgehead atoms. The van der Waals surface area contributed by atoms with Crippen LogP contribution in [-0.2, 0) is 10.2 Å². The molecule has 1 aliphatic rings. The Kier molecular flexibility index (Phi) is 8.64. The first-order valence-electron chi connectivity index (χ1n) is 8.79. The Morgan fingerprint density at radius 2 is 1.70 bits per heavy atom. The molecule has 130 valence electrons. The van der Waals surface area contributed by atoms with Crippen molar-refractivity contribution in [2.24, 2.45) is 0 Å². The van der Waals surface area contributed by atoms with Gasteiger partial charge in [-0.3, -0.25) is 4.79 Å². The maximum atomic E-state index is 12.9. The molecule has 1 amide bonds. The monoisotopic (exact) mass is 338 g/mol. The van der Waals surface area contributed by atoms with Crippen LogP contribution in [0.15, 0.2) is 30.3 Å². The first kappa shape index (κ1) is 20.0. The molecule has 0 saturated heterocycles. The normalized spacial score (nSPS) is 16.7. The number of benzene rings is 1. The second kappa shape index (κ2) is 9.94. The first-order valence-corrected chi connectivity index (χ1v) is 8.79. The number of hydrogen-bond donors (Lipinski definition) is 1. The number of carbonyl (C=O) groups is 1. The van der Waals surface area contributed by atoms with Gasteiger partial charge in [0.15, 0.2) is 0 Å². The molecule has 23 heavy (non-hydrogen) atoms. The highest BCUT2D eigenvalue weighted by Crippen LogP contribution is 2.39.